The van der Waals surface area contributed by atoms with Crippen LogP contribution in [0.15, 0.2) is 29.1 Å². The van der Waals surface area contributed by atoms with E-state index in [0.29, 0.717) is 27.4 Å². The lowest BCUT2D eigenvalue weighted by Crippen LogP contribution is -2.53. The van der Waals surface area contributed by atoms with E-state index in [0.717, 1.165) is 6.07 Å². The zero-order valence-electron chi connectivity index (χ0n) is 31.2. The molecule has 4 N–H and O–H groups in total. The summed E-state index contributed by atoms with van der Waals surface area (Å²) in [5, 5.41) is 19.7. The van der Waals surface area contributed by atoms with Crippen molar-refractivity contribution >= 4 is 58.1 Å². The normalized spacial score (nSPS) is 18.2. The van der Waals surface area contributed by atoms with Crippen molar-refractivity contribution < 1.29 is 52.6 Å². The molecule has 1 saturated heterocycles. The lowest BCUT2D eigenvalue weighted by molar-refractivity contribution is -0.197. The number of nitrogens with zero attached hydrogens (tertiary/aromatic N) is 3. The first-order chi connectivity index (χ1) is 26.5. The minimum atomic E-state index is -1.99. The van der Waals surface area contributed by atoms with Crippen LogP contribution in [-0.2, 0) is 61.9 Å². The highest BCUT2D eigenvalue weighted by molar-refractivity contribution is 6.02. The summed E-state index contributed by atoms with van der Waals surface area (Å²) in [5.41, 5.74) is -0.731. The number of rotatable bonds is 13. The van der Waals surface area contributed by atoms with E-state index in [1.165, 1.54) is 17.6 Å². The zero-order valence-corrected chi connectivity index (χ0v) is 31.2. The highest BCUT2D eigenvalue weighted by atomic mass is 19.1. The number of aliphatic hydroxyl groups is 1. The van der Waals surface area contributed by atoms with Crippen molar-refractivity contribution in [2.75, 3.05) is 5.32 Å². The number of cyclic esters (lactones) is 1. The van der Waals surface area contributed by atoms with E-state index < -0.39 is 70.5 Å². The molecule has 0 radical (unpaired) electrons. The molecule has 2 aromatic heterocycles. The molecule has 5 amide bonds. The lowest BCUT2D eigenvalue weighted by atomic mass is 9.86. The second kappa shape index (κ2) is 15.6. The second-order valence-electron chi connectivity index (χ2n) is 14.4. The Bertz CT molecular complexity index is 2240. The van der Waals surface area contributed by atoms with Crippen LogP contribution in [0.25, 0.3) is 22.3 Å². The number of unbranched alkanes of at least 4 members (excludes halogenated alkanes) is 1. The molecular formula is C38H41FN6O11. The van der Waals surface area contributed by atoms with Gasteiger partial charge in [0, 0.05) is 48.3 Å². The predicted molar refractivity (Wildman–Crippen MR) is 193 cm³/mol. The maximum Gasteiger partial charge on any atom is 0.343 e. The molecule has 0 unspecified atom stereocenters. The first kappa shape index (κ1) is 39.6. The summed E-state index contributed by atoms with van der Waals surface area (Å²) < 4.78 is 22.0. The van der Waals surface area contributed by atoms with Gasteiger partial charge < -0.3 is 35.2 Å². The number of hydrogen-bond acceptors (Lipinski definition) is 12. The standard InChI is InChI=1S/C38H41FN6O11/c1-5-38(54)23-14-27-33-21(16-44(27)36(52)22(23)17-55-37(38)53)12-20-13-26(24(39)15-25(20)41-33)42-34(50)19(4)40-35(51)32(18(2)3)43-28(46)8-6-7-9-31(49)56-45-29(47)10-11-30(45)48/h12-15,18-19,32,54H,5-11,16-17H2,1-4H3,(H,40,51)(H,42,50)(H,43,46)/t19-,32-,38-/m0/s1. The van der Waals surface area contributed by atoms with E-state index in [1.807, 2.05) is 0 Å². The number of carbonyl (C=O) groups is 7. The Labute approximate surface area is 318 Å². The first-order valence-corrected chi connectivity index (χ1v) is 18.3. The third-order valence-electron chi connectivity index (χ3n) is 10.1. The Kier molecular flexibility index (Phi) is 11.0. The molecule has 1 aromatic carbocycles. The molecule has 18 heteroatoms. The summed E-state index contributed by atoms with van der Waals surface area (Å²) >= 11 is 0. The van der Waals surface area contributed by atoms with Gasteiger partial charge >= 0.3 is 11.9 Å². The molecule has 3 aromatic rings. The summed E-state index contributed by atoms with van der Waals surface area (Å²) in [4.78, 5) is 110. The number of nitrogens with one attached hydrogen (secondary N) is 3. The maximum absolute atomic E-state index is 15.4. The lowest BCUT2D eigenvalue weighted by Gasteiger charge is -2.31. The number of hydrogen-bond donors (Lipinski definition) is 4. The molecule has 6 rings (SSSR count). The highest BCUT2D eigenvalue weighted by Crippen LogP contribution is 2.39. The van der Waals surface area contributed by atoms with Gasteiger partial charge in [0.15, 0.2) is 5.60 Å². The third kappa shape index (κ3) is 7.60. The van der Waals surface area contributed by atoms with Crippen LogP contribution in [0.3, 0.4) is 0 Å². The number of imide groups is 1. The van der Waals surface area contributed by atoms with Crippen molar-refractivity contribution in [2.24, 2.45) is 5.92 Å². The highest BCUT2D eigenvalue weighted by Gasteiger charge is 2.45. The van der Waals surface area contributed by atoms with Crippen LogP contribution in [0.1, 0.15) is 89.3 Å². The summed E-state index contributed by atoms with van der Waals surface area (Å²) in [7, 11) is 0. The fourth-order valence-corrected chi connectivity index (χ4v) is 6.85. The molecular weight excluding hydrogens is 735 g/mol. The Hall–Kier alpha value is -6.04. The molecule has 1 fully saturated rings. The molecule has 3 aliphatic heterocycles. The van der Waals surface area contributed by atoms with Crippen molar-refractivity contribution in [3.8, 4) is 11.4 Å². The van der Waals surface area contributed by atoms with Crippen molar-refractivity contribution in [3.63, 3.8) is 0 Å². The molecule has 17 nitrogen and oxygen atoms in total. The van der Waals surface area contributed by atoms with E-state index in [4.69, 9.17) is 9.57 Å². The second-order valence-corrected chi connectivity index (χ2v) is 14.4. The third-order valence-corrected chi connectivity index (χ3v) is 10.1. The van der Waals surface area contributed by atoms with Gasteiger partial charge in [-0.2, -0.15) is 0 Å². The Morgan fingerprint density at radius 2 is 1.68 bits per heavy atom. The number of ether oxygens (including phenoxy) is 1. The van der Waals surface area contributed by atoms with Gasteiger partial charge in [0.1, 0.15) is 24.5 Å². The molecule has 56 heavy (non-hydrogen) atoms. The molecule has 0 spiro atoms. The predicted octanol–water partition coefficient (Wildman–Crippen LogP) is 1.97. The SMILES string of the molecule is CC[C@@]1(O)C(=O)OCc2c1cc1n(c2=O)Cc2cc3cc(NC(=O)[C@H](C)NC(=O)[C@@H](NC(=O)CCCCC(=O)ON4C(=O)CCC4=O)C(C)C)c(F)cc3nc2-1. The van der Waals surface area contributed by atoms with Crippen LogP contribution in [0.4, 0.5) is 10.1 Å². The maximum atomic E-state index is 15.4. The quantitative estimate of drug-likeness (QED) is 0.0868. The van der Waals surface area contributed by atoms with Crippen molar-refractivity contribution in [2.45, 2.75) is 103 Å². The van der Waals surface area contributed by atoms with Gasteiger partial charge in [-0.3, -0.25) is 28.8 Å². The number of anilines is 1. The topological polar surface area (TPSA) is 232 Å². The average molecular weight is 777 g/mol. The Morgan fingerprint density at radius 1 is 0.982 bits per heavy atom. The van der Waals surface area contributed by atoms with E-state index in [2.05, 4.69) is 20.9 Å². The zero-order chi connectivity index (χ0) is 40.6. The Morgan fingerprint density at radius 3 is 2.36 bits per heavy atom. The number of aromatic nitrogens is 2. The van der Waals surface area contributed by atoms with Crippen LogP contribution < -0.4 is 21.5 Å². The van der Waals surface area contributed by atoms with Gasteiger partial charge in [-0.1, -0.05) is 20.8 Å². The van der Waals surface area contributed by atoms with Crippen molar-refractivity contribution in [1.82, 2.24) is 25.2 Å². The van der Waals surface area contributed by atoms with Crippen LogP contribution in [0.2, 0.25) is 0 Å². The number of fused-ring (bicyclic) bond motifs is 5. The van der Waals surface area contributed by atoms with E-state index in [-0.39, 0.29) is 86.3 Å². The van der Waals surface area contributed by atoms with Gasteiger partial charge in [0.25, 0.3) is 17.4 Å². The van der Waals surface area contributed by atoms with Crippen LogP contribution >= 0.6 is 0 Å². The average Bonchev–Trinajstić information content (AvgIpc) is 3.67. The molecule has 3 atom stereocenters. The smallest absolute Gasteiger partial charge is 0.343 e. The van der Waals surface area contributed by atoms with E-state index in [1.54, 1.807) is 32.9 Å². The summed E-state index contributed by atoms with van der Waals surface area (Å²) in [6.07, 6.45) is 0.234. The molecule has 0 bridgehead atoms. The van der Waals surface area contributed by atoms with E-state index >= 15 is 4.39 Å². The fraction of sp³-hybridized carbons (Fsp3) is 0.447. The monoisotopic (exact) mass is 776 g/mol. The van der Waals surface area contributed by atoms with Crippen LogP contribution in [-0.4, -0.2) is 73.3 Å². The number of amides is 5. The number of hydroxylamine groups is 2. The number of benzene rings is 1. The molecule has 0 saturated carbocycles. The van der Waals surface area contributed by atoms with Gasteiger partial charge in [0.2, 0.25) is 17.7 Å². The summed E-state index contributed by atoms with van der Waals surface area (Å²) in [6, 6.07) is 3.58. The Balaban J connectivity index is 1.06. The van der Waals surface area contributed by atoms with Gasteiger partial charge in [-0.15, -0.1) is 5.06 Å². The number of esters is 1. The molecule has 3 aliphatic rings. The van der Waals surface area contributed by atoms with E-state index in [9.17, 15) is 43.5 Å². The number of pyridine rings is 2. The van der Waals surface area contributed by atoms with Crippen molar-refractivity contribution in [3.05, 3.63) is 57.1 Å². The summed E-state index contributed by atoms with van der Waals surface area (Å²) in [5.74, 6) is -5.89. The van der Waals surface area contributed by atoms with Gasteiger partial charge in [-0.25, -0.2) is 19.0 Å². The number of halogens is 1. The molecule has 296 valence electrons. The van der Waals surface area contributed by atoms with Gasteiger partial charge in [-0.05, 0) is 50.3 Å². The largest absolute Gasteiger partial charge is 0.458 e. The minimum Gasteiger partial charge on any atom is -0.458 e. The van der Waals surface area contributed by atoms with Crippen LogP contribution in [0, 0.1) is 11.7 Å². The van der Waals surface area contributed by atoms with Gasteiger partial charge in [0.05, 0.1) is 34.7 Å². The summed E-state index contributed by atoms with van der Waals surface area (Å²) in [6.45, 7) is 6.24. The molecule has 5 heterocycles. The molecule has 0 aliphatic carbocycles. The minimum absolute atomic E-state index is 0.0170. The fourth-order valence-electron chi connectivity index (χ4n) is 6.85. The number of carbonyl (C=O) groups excluding carboxylic acids is 7. The first-order valence-electron chi connectivity index (χ1n) is 18.3. The van der Waals surface area contributed by atoms with Crippen molar-refractivity contribution in [1.29, 1.82) is 0 Å². The van der Waals surface area contributed by atoms with Crippen LogP contribution in [0.5, 0.6) is 0 Å².